The van der Waals surface area contributed by atoms with Crippen LogP contribution in [0.25, 0.3) is 0 Å². The van der Waals surface area contributed by atoms with Crippen LogP contribution >= 0.6 is 25.3 Å². The summed E-state index contributed by atoms with van der Waals surface area (Å²) in [7, 11) is 0. The van der Waals surface area contributed by atoms with Gasteiger partial charge in [0.25, 0.3) is 0 Å². The zero-order chi connectivity index (χ0) is 18.3. The zero-order valence-electron chi connectivity index (χ0n) is 14.6. The van der Waals surface area contributed by atoms with Gasteiger partial charge in [-0.15, -0.1) is 0 Å². The van der Waals surface area contributed by atoms with E-state index in [-0.39, 0.29) is 34.0 Å². The van der Waals surface area contributed by atoms with Crippen LogP contribution in [0.3, 0.4) is 0 Å². The Labute approximate surface area is 163 Å². The fraction of sp³-hybridized carbons (Fsp3) is 0.875. The molecule has 2 radical (unpaired) electrons. The van der Waals surface area contributed by atoms with Crippen molar-refractivity contribution in [3.63, 3.8) is 0 Å². The molecule has 7 heteroatoms. The molecule has 0 aliphatic rings. The topological polar surface area (TPSA) is 74.6 Å². The van der Waals surface area contributed by atoms with E-state index in [4.69, 9.17) is 10.2 Å². The summed E-state index contributed by atoms with van der Waals surface area (Å²) in [5.74, 6) is -0.165. The van der Waals surface area contributed by atoms with Crippen molar-refractivity contribution in [3.8, 4) is 0 Å². The molecule has 4 nitrogen and oxygen atoms in total. The predicted molar refractivity (Wildman–Crippen MR) is 107 cm³/mol. The number of carboxylic acid groups (broad SMARTS) is 2. The maximum Gasteiger partial charge on any atom is 0.303 e. The largest absolute Gasteiger partial charge is 0.481 e. The van der Waals surface area contributed by atoms with Gasteiger partial charge in [0.05, 0.1) is 0 Å². The number of hydrogen-bond acceptors (Lipinski definition) is 4. The van der Waals surface area contributed by atoms with Crippen LogP contribution in [0.15, 0.2) is 0 Å². The summed E-state index contributed by atoms with van der Waals surface area (Å²) >= 11 is 7.81. The molecule has 0 spiro atoms. The van der Waals surface area contributed by atoms with Gasteiger partial charge in [0, 0.05) is 12.8 Å². The van der Waals surface area contributed by atoms with Crippen molar-refractivity contribution in [3.05, 3.63) is 0 Å². The van der Waals surface area contributed by atoms with Crippen LogP contribution in [0.1, 0.15) is 65.2 Å². The maximum atomic E-state index is 9.72. The molecule has 0 amide bonds. The molecule has 0 aromatic heterocycles. The van der Waals surface area contributed by atoms with E-state index in [9.17, 15) is 9.59 Å². The molecule has 0 aromatic rings. The molecule has 0 aromatic carbocycles. The molecule has 0 bridgehead atoms. The van der Waals surface area contributed by atoms with E-state index in [1.807, 2.05) is 0 Å². The second kappa shape index (κ2) is 27.3. The molecule has 2 N–H and O–H groups in total. The Morgan fingerprint density at radius 2 is 1.13 bits per heavy atom. The monoisotopic (exact) mass is 474 g/mol. The van der Waals surface area contributed by atoms with Crippen molar-refractivity contribution in [2.45, 2.75) is 74.1 Å². The van der Waals surface area contributed by atoms with E-state index < -0.39 is 11.9 Å². The third-order valence-corrected chi connectivity index (χ3v) is 7.18. The average Bonchev–Trinajstić information content (AvgIpc) is 2.52. The third-order valence-electron chi connectivity index (χ3n) is 2.51. The van der Waals surface area contributed by atoms with Gasteiger partial charge >= 0.3 is 81.5 Å². The van der Waals surface area contributed by atoms with Crippen LogP contribution in [0, 0.1) is 0 Å². The number of thiol groups is 2. The van der Waals surface area contributed by atoms with Crippen molar-refractivity contribution < 1.29 is 19.8 Å². The molecule has 0 saturated carbocycles. The Kier molecular flexibility index (Phi) is 33.5. The van der Waals surface area contributed by atoms with Crippen LogP contribution in [-0.4, -0.2) is 54.8 Å². The van der Waals surface area contributed by atoms with Crippen molar-refractivity contribution in [2.75, 3.05) is 11.5 Å². The minimum absolute atomic E-state index is 0.149. The fourth-order valence-corrected chi connectivity index (χ4v) is 5.66. The van der Waals surface area contributed by atoms with Crippen LogP contribution in [0.4, 0.5) is 0 Å². The van der Waals surface area contributed by atoms with Crippen molar-refractivity contribution in [2.24, 2.45) is 0 Å². The molecule has 0 fully saturated rings. The molecule has 0 aliphatic heterocycles. The molecule has 0 rings (SSSR count). The van der Waals surface area contributed by atoms with E-state index in [1.165, 1.54) is 25.7 Å². The summed E-state index contributed by atoms with van der Waals surface area (Å²) in [5, 5.41) is 16.0. The number of carboxylic acids is 2. The van der Waals surface area contributed by atoms with Gasteiger partial charge in [-0.2, -0.15) is 25.3 Å². The summed E-state index contributed by atoms with van der Waals surface area (Å²) < 4.78 is 3.25. The average molecular weight is 473 g/mol. The minimum atomic E-state index is -0.742. The van der Waals surface area contributed by atoms with E-state index in [2.05, 4.69) is 39.1 Å². The molecular formula is C16H34O4S2Sn. The molecule has 0 heterocycles. The van der Waals surface area contributed by atoms with E-state index in [0.29, 0.717) is 24.3 Å². The Morgan fingerprint density at radius 3 is 1.30 bits per heavy atom. The molecule has 138 valence electrons. The summed E-state index contributed by atoms with van der Waals surface area (Å²) in [6.07, 6.45) is 7.65. The van der Waals surface area contributed by atoms with E-state index in [0.717, 1.165) is 0 Å². The Morgan fingerprint density at radius 1 is 0.783 bits per heavy atom. The molecular weight excluding hydrogens is 439 g/mol. The quantitative estimate of drug-likeness (QED) is 0.189. The van der Waals surface area contributed by atoms with Crippen molar-refractivity contribution >= 4 is 58.3 Å². The Hall–Kier alpha value is 0.439. The van der Waals surface area contributed by atoms with Crippen LogP contribution in [0.5, 0.6) is 0 Å². The van der Waals surface area contributed by atoms with Gasteiger partial charge in [-0.05, 0) is 24.3 Å². The first-order valence-corrected chi connectivity index (χ1v) is 13.6. The summed E-state index contributed by atoms with van der Waals surface area (Å²) in [6, 6.07) is 0. The second-order valence-electron chi connectivity index (χ2n) is 4.90. The maximum absolute atomic E-state index is 9.72. The normalized spacial score (nSPS) is 9.22. The Balaban J connectivity index is -0.000000264. The summed E-state index contributed by atoms with van der Waals surface area (Å²) in [6.45, 7) is 4.58. The molecule has 23 heavy (non-hydrogen) atoms. The third kappa shape index (κ3) is 45.0. The molecule has 0 saturated heterocycles. The smallest absolute Gasteiger partial charge is 0.303 e. The van der Waals surface area contributed by atoms with Gasteiger partial charge in [-0.3, -0.25) is 9.59 Å². The van der Waals surface area contributed by atoms with Crippen molar-refractivity contribution in [1.29, 1.82) is 0 Å². The van der Waals surface area contributed by atoms with Gasteiger partial charge in [-0.1, -0.05) is 0 Å². The second-order valence-corrected chi connectivity index (χ2v) is 10.1. The van der Waals surface area contributed by atoms with Gasteiger partial charge < -0.3 is 10.2 Å². The first-order valence-electron chi connectivity index (χ1n) is 8.32. The van der Waals surface area contributed by atoms with Crippen LogP contribution in [0.2, 0.25) is 8.87 Å². The van der Waals surface area contributed by atoms with Gasteiger partial charge in [0.15, 0.2) is 0 Å². The summed E-state index contributed by atoms with van der Waals surface area (Å²) in [4.78, 5) is 19.4. The van der Waals surface area contributed by atoms with Crippen LogP contribution in [-0.2, 0) is 9.59 Å². The number of aliphatic carboxylic acids is 2. The SMILES string of the molecule is CCC[CH2][Sn][CH2]CCC.O=C(O)CCCS.O=C(O)CCCS. The summed E-state index contributed by atoms with van der Waals surface area (Å²) in [5.41, 5.74) is 0. The van der Waals surface area contributed by atoms with Gasteiger partial charge in [0.2, 0.25) is 0 Å². The first-order chi connectivity index (χ1) is 11.0. The standard InChI is InChI=1S/2C4H8O2S.2C4H9.Sn/c2*5-4(6)2-1-3-7;2*1-3-4-2;/h2*7H,1-3H2,(H,5,6);2*1,3-4H2,2H3;. The number of carbonyl (C=O) groups is 2. The molecule has 0 atom stereocenters. The van der Waals surface area contributed by atoms with E-state index in [1.54, 1.807) is 8.87 Å². The van der Waals surface area contributed by atoms with Crippen LogP contribution < -0.4 is 0 Å². The number of rotatable bonds is 12. The Bertz CT molecular complexity index is 230. The fourth-order valence-electron chi connectivity index (χ4n) is 1.19. The van der Waals surface area contributed by atoms with Crippen molar-refractivity contribution in [1.82, 2.24) is 0 Å². The van der Waals surface area contributed by atoms with E-state index >= 15 is 0 Å². The zero-order valence-corrected chi connectivity index (χ0v) is 19.2. The number of unbranched alkanes of at least 4 members (excludes halogenated alkanes) is 2. The first kappa shape index (κ1) is 28.3. The molecule has 0 unspecified atom stereocenters. The predicted octanol–water partition coefficient (Wildman–Crippen LogP) is 4.69. The van der Waals surface area contributed by atoms with Gasteiger partial charge in [0.1, 0.15) is 0 Å². The van der Waals surface area contributed by atoms with Gasteiger partial charge in [-0.25, -0.2) is 0 Å². The number of hydrogen-bond donors (Lipinski definition) is 4. The molecule has 0 aliphatic carbocycles. The minimum Gasteiger partial charge on any atom is -0.481 e.